The molecule has 1 aliphatic carbocycles. The van der Waals surface area contributed by atoms with E-state index in [-0.39, 0.29) is 0 Å². The molecule has 0 spiro atoms. The number of nitrogens with zero attached hydrogens (tertiary/aromatic N) is 1. The zero-order valence-electron chi connectivity index (χ0n) is 8.60. The number of benzene rings is 1. The van der Waals surface area contributed by atoms with E-state index in [0.29, 0.717) is 5.92 Å². The fourth-order valence-electron chi connectivity index (χ4n) is 1.93. The Morgan fingerprint density at radius 2 is 1.88 bits per heavy atom. The van der Waals surface area contributed by atoms with Crippen LogP contribution in [-0.4, -0.2) is 5.71 Å². The van der Waals surface area contributed by atoms with Crippen molar-refractivity contribution < 1.29 is 0 Å². The van der Waals surface area contributed by atoms with Gasteiger partial charge >= 0.3 is 0 Å². The molecule has 1 unspecified atom stereocenters. The summed E-state index contributed by atoms with van der Waals surface area (Å²) in [4.78, 5) is 4.63. The van der Waals surface area contributed by atoms with Gasteiger partial charge in [0.15, 0.2) is 0 Å². The lowest BCUT2D eigenvalue weighted by Crippen LogP contribution is -2.04. The molecule has 0 amide bonds. The molecule has 1 nitrogen and oxygen atoms in total. The molecular weight excluding hydrogens is 262 g/mol. The number of aliphatic imine (C=N–C) groups is 1. The second-order valence-electron chi connectivity index (χ2n) is 3.87. The number of fused-ring (bicyclic) bond motifs is 1. The third-order valence-electron chi connectivity index (χ3n) is 2.77. The summed E-state index contributed by atoms with van der Waals surface area (Å²) in [5.41, 5.74) is 3.39. The number of hydrogen-bond acceptors (Lipinski definition) is 1. The predicted molar refractivity (Wildman–Crippen MR) is 71.3 cm³/mol. The second kappa shape index (κ2) is 3.87. The summed E-state index contributed by atoms with van der Waals surface area (Å²) in [5.74, 6) is 0.364. The van der Waals surface area contributed by atoms with Crippen molar-refractivity contribution in [2.75, 3.05) is 0 Å². The highest BCUT2D eigenvalue weighted by molar-refractivity contribution is 9.10. The first kappa shape index (κ1) is 9.79. The lowest BCUT2D eigenvalue weighted by Gasteiger charge is -2.03. The van der Waals surface area contributed by atoms with E-state index in [0.717, 1.165) is 15.9 Å². The van der Waals surface area contributed by atoms with Crippen LogP contribution in [0.3, 0.4) is 0 Å². The zero-order chi connectivity index (χ0) is 11.0. The third-order valence-corrected chi connectivity index (χ3v) is 3.29. The van der Waals surface area contributed by atoms with Gasteiger partial charge in [0.1, 0.15) is 0 Å². The van der Waals surface area contributed by atoms with Crippen LogP contribution >= 0.6 is 15.9 Å². The Morgan fingerprint density at radius 1 is 1.06 bits per heavy atom. The molecule has 0 radical (unpaired) electrons. The molecule has 1 aromatic rings. The first-order valence-electron chi connectivity index (χ1n) is 5.24. The Balaban J connectivity index is 1.98. The Bertz CT molecular complexity index is 532. The van der Waals surface area contributed by atoms with Crippen molar-refractivity contribution in [1.82, 2.24) is 0 Å². The standard InChI is InChI=1S/C14H10BrN/c15-12-7-5-10(6-8-12)14-9-11-3-1-2-4-13(11)16-14/h1-9,11H. The van der Waals surface area contributed by atoms with Gasteiger partial charge in [-0.05, 0) is 29.8 Å². The minimum Gasteiger partial charge on any atom is -0.252 e. The largest absolute Gasteiger partial charge is 0.252 e. The third kappa shape index (κ3) is 1.69. The molecule has 78 valence electrons. The number of allylic oxidation sites excluding steroid dienone is 5. The average Bonchev–Trinajstić information content (AvgIpc) is 2.73. The van der Waals surface area contributed by atoms with Gasteiger partial charge in [0.2, 0.25) is 0 Å². The number of halogens is 1. The molecule has 1 aromatic carbocycles. The van der Waals surface area contributed by atoms with Crippen molar-refractivity contribution in [2.45, 2.75) is 0 Å². The normalized spacial score (nSPS) is 21.7. The van der Waals surface area contributed by atoms with E-state index in [1.54, 1.807) is 0 Å². The van der Waals surface area contributed by atoms with Gasteiger partial charge in [-0.2, -0.15) is 0 Å². The SMILES string of the molecule is Brc1ccc(C2=CC3C=CC=CC3=N2)cc1. The predicted octanol–water partition coefficient (Wildman–Crippen LogP) is 3.99. The molecule has 2 aliphatic rings. The van der Waals surface area contributed by atoms with Gasteiger partial charge in [0.25, 0.3) is 0 Å². The summed E-state index contributed by atoms with van der Waals surface area (Å²) in [7, 11) is 0. The smallest absolute Gasteiger partial charge is 0.0675 e. The van der Waals surface area contributed by atoms with E-state index >= 15 is 0 Å². The molecule has 2 heteroatoms. The van der Waals surface area contributed by atoms with E-state index in [1.165, 1.54) is 5.56 Å². The quantitative estimate of drug-likeness (QED) is 0.733. The molecule has 1 heterocycles. The maximum Gasteiger partial charge on any atom is 0.0675 e. The molecule has 0 saturated carbocycles. The van der Waals surface area contributed by atoms with Crippen LogP contribution in [-0.2, 0) is 0 Å². The molecule has 0 aromatic heterocycles. The Labute approximate surface area is 103 Å². The zero-order valence-corrected chi connectivity index (χ0v) is 10.2. The molecule has 0 bridgehead atoms. The van der Waals surface area contributed by atoms with Gasteiger partial charge < -0.3 is 0 Å². The summed E-state index contributed by atoms with van der Waals surface area (Å²) in [6.45, 7) is 0. The second-order valence-corrected chi connectivity index (χ2v) is 4.78. The van der Waals surface area contributed by atoms with Crippen molar-refractivity contribution in [3.05, 3.63) is 64.7 Å². The monoisotopic (exact) mass is 271 g/mol. The fourth-order valence-corrected chi connectivity index (χ4v) is 2.19. The van der Waals surface area contributed by atoms with E-state index in [4.69, 9.17) is 0 Å². The van der Waals surface area contributed by atoms with Gasteiger partial charge in [-0.15, -0.1) is 0 Å². The van der Waals surface area contributed by atoms with Crippen LogP contribution in [0.25, 0.3) is 5.70 Å². The van der Waals surface area contributed by atoms with Crippen LogP contribution in [0.15, 0.2) is 64.1 Å². The Hall–Kier alpha value is -1.41. The summed E-state index contributed by atoms with van der Waals surface area (Å²) >= 11 is 3.44. The van der Waals surface area contributed by atoms with Crippen molar-refractivity contribution in [1.29, 1.82) is 0 Å². The van der Waals surface area contributed by atoms with E-state index in [9.17, 15) is 0 Å². The van der Waals surface area contributed by atoms with Crippen LogP contribution in [0.4, 0.5) is 0 Å². The molecule has 1 atom stereocenters. The lowest BCUT2D eigenvalue weighted by atomic mass is 9.99. The van der Waals surface area contributed by atoms with Crippen molar-refractivity contribution >= 4 is 27.3 Å². The van der Waals surface area contributed by atoms with Crippen LogP contribution < -0.4 is 0 Å². The highest BCUT2D eigenvalue weighted by atomic mass is 79.9. The average molecular weight is 272 g/mol. The fraction of sp³-hybridized carbons (Fsp3) is 0.0714. The van der Waals surface area contributed by atoms with E-state index in [2.05, 4.69) is 57.4 Å². The molecule has 16 heavy (non-hydrogen) atoms. The highest BCUT2D eigenvalue weighted by Crippen LogP contribution is 2.29. The molecule has 0 fully saturated rings. The van der Waals surface area contributed by atoms with Gasteiger partial charge in [-0.1, -0.05) is 46.3 Å². The van der Waals surface area contributed by atoms with E-state index < -0.39 is 0 Å². The summed E-state index contributed by atoms with van der Waals surface area (Å²) < 4.78 is 1.10. The maximum atomic E-state index is 4.63. The Kier molecular flexibility index (Phi) is 2.37. The van der Waals surface area contributed by atoms with Crippen molar-refractivity contribution in [3.8, 4) is 0 Å². The van der Waals surface area contributed by atoms with Crippen LogP contribution in [0.1, 0.15) is 5.56 Å². The van der Waals surface area contributed by atoms with Crippen molar-refractivity contribution in [3.63, 3.8) is 0 Å². The summed E-state index contributed by atoms with van der Waals surface area (Å²) in [6, 6.07) is 8.27. The van der Waals surface area contributed by atoms with Crippen LogP contribution in [0.2, 0.25) is 0 Å². The summed E-state index contributed by atoms with van der Waals surface area (Å²) in [5, 5.41) is 0. The van der Waals surface area contributed by atoms with Gasteiger partial charge in [0.05, 0.1) is 11.4 Å². The highest BCUT2D eigenvalue weighted by Gasteiger charge is 2.18. The molecular formula is C14H10BrN. The molecule has 1 aliphatic heterocycles. The molecule has 3 rings (SSSR count). The van der Waals surface area contributed by atoms with Crippen LogP contribution in [0.5, 0.6) is 0 Å². The topological polar surface area (TPSA) is 12.4 Å². The maximum absolute atomic E-state index is 4.63. The summed E-state index contributed by atoms with van der Waals surface area (Å²) in [6.07, 6.45) is 10.6. The minimum absolute atomic E-state index is 0.364. The Morgan fingerprint density at radius 3 is 2.62 bits per heavy atom. The lowest BCUT2D eigenvalue weighted by molar-refractivity contribution is 1.17. The number of rotatable bonds is 1. The van der Waals surface area contributed by atoms with Crippen LogP contribution in [0, 0.1) is 5.92 Å². The first-order valence-corrected chi connectivity index (χ1v) is 6.03. The minimum atomic E-state index is 0.364. The first-order chi connectivity index (χ1) is 7.83. The van der Waals surface area contributed by atoms with Gasteiger partial charge in [0, 0.05) is 10.4 Å². The van der Waals surface area contributed by atoms with Crippen molar-refractivity contribution in [2.24, 2.45) is 10.9 Å². The number of hydrogen-bond donors (Lipinski definition) is 0. The van der Waals surface area contributed by atoms with E-state index in [1.807, 2.05) is 18.2 Å². The van der Waals surface area contributed by atoms with Gasteiger partial charge in [-0.3, -0.25) is 4.99 Å². The molecule has 0 saturated heterocycles. The molecule has 0 N–H and O–H groups in total. The van der Waals surface area contributed by atoms with Gasteiger partial charge in [-0.25, -0.2) is 0 Å².